The summed E-state index contributed by atoms with van der Waals surface area (Å²) in [7, 11) is 0. The Morgan fingerprint density at radius 3 is 3.21 bits per heavy atom. The predicted molar refractivity (Wildman–Crippen MR) is 55.3 cm³/mol. The quantitative estimate of drug-likeness (QED) is 0.835. The highest BCUT2D eigenvalue weighted by molar-refractivity contribution is 7.11. The van der Waals surface area contributed by atoms with Crippen LogP contribution < -0.4 is 0 Å². The minimum Gasteiger partial charge on any atom is -0.387 e. The second kappa shape index (κ2) is 4.38. The van der Waals surface area contributed by atoms with E-state index in [0.717, 1.165) is 30.0 Å². The van der Waals surface area contributed by atoms with Crippen molar-refractivity contribution in [1.82, 2.24) is 4.98 Å². The Morgan fingerprint density at radius 1 is 1.64 bits per heavy atom. The highest BCUT2D eigenvalue weighted by atomic mass is 32.1. The predicted octanol–water partition coefficient (Wildman–Crippen LogP) is 2.05. The van der Waals surface area contributed by atoms with Gasteiger partial charge in [0, 0.05) is 11.5 Å². The molecule has 0 aromatic carbocycles. The summed E-state index contributed by atoms with van der Waals surface area (Å²) in [6.07, 6.45) is 2.65. The molecule has 1 atom stereocenters. The van der Waals surface area contributed by atoms with Crippen molar-refractivity contribution in [2.75, 3.05) is 6.61 Å². The van der Waals surface area contributed by atoms with E-state index in [1.54, 1.807) is 11.3 Å². The van der Waals surface area contributed by atoms with E-state index >= 15 is 0 Å². The first-order chi connectivity index (χ1) is 6.81. The van der Waals surface area contributed by atoms with Crippen molar-refractivity contribution in [2.24, 2.45) is 0 Å². The first-order valence-electron chi connectivity index (χ1n) is 5.05. The lowest BCUT2D eigenvalue weighted by molar-refractivity contribution is 0.131. The lowest BCUT2D eigenvalue weighted by atomic mass is 10.0. The number of nitrogens with zero attached hydrogens (tertiary/aromatic N) is 1. The molecule has 0 bridgehead atoms. The summed E-state index contributed by atoms with van der Waals surface area (Å²) in [6.45, 7) is 3.27. The molecule has 14 heavy (non-hydrogen) atoms. The number of hydrogen-bond donors (Lipinski definition) is 1. The molecule has 1 unspecified atom stereocenters. The number of aliphatic hydroxyl groups is 1. The summed E-state index contributed by atoms with van der Waals surface area (Å²) in [5, 5.41) is 10.7. The smallest absolute Gasteiger partial charge is 0.119 e. The maximum absolute atomic E-state index is 9.70. The third-order valence-electron chi connectivity index (χ3n) is 2.40. The number of aryl methyl sites for hydroxylation is 1. The number of ether oxygens (including phenoxy) is 1. The Morgan fingerprint density at radius 2 is 2.50 bits per heavy atom. The maximum Gasteiger partial charge on any atom is 0.119 e. The number of rotatable bonds is 3. The van der Waals surface area contributed by atoms with Crippen molar-refractivity contribution >= 4 is 11.3 Å². The van der Waals surface area contributed by atoms with Crippen LogP contribution in [0.5, 0.6) is 0 Å². The van der Waals surface area contributed by atoms with Crippen molar-refractivity contribution in [1.29, 1.82) is 0 Å². The van der Waals surface area contributed by atoms with Crippen LogP contribution in [0.4, 0.5) is 0 Å². The summed E-state index contributed by atoms with van der Waals surface area (Å²) in [5.41, 5.74) is 0.899. The van der Waals surface area contributed by atoms with Crippen LogP contribution in [0.25, 0.3) is 0 Å². The second-order valence-corrected chi connectivity index (χ2v) is 4.63. The largest absolute Gasteiger partial charge is 0.387 e. The molecular formula is C10H15NO2S. The zero-order valence-corrected chi connectivity index (χ0v) is 9.14. The molecule has 78 valence electrons. The lowest BCUT2D eigenvalue weighted by Gasteiger charge is -2.14. The number of aromatic nitrogens is 1. The van der Waals surface area contributed by atoms with Gasteiger partial charge in [-0.1, -0.05) is 0 Å². The molecule has 1 aliphatic carbocycles. The van der Waals surface area contributed by atoms with Crippen LogP contribution in [-0.4, -0.2) is 16.7 Å². The van der Waals surface area contributed by atoms with Crippen molar-refractivity contribution in [3.63, 3.8) is 0 Å². The van der Waals surface area contributed by atoms with E-state index < -0.39 is 0 Å². The minimum absolute atomic E-state index is 0.342. The number of fused-ring (bicyclic) bond motifs is 1. The highest BCUT2D eigenvalue weighted by Crippen LogP contribution is 2.33. The summed E-state index contributed by atoms with van der Waals surface area (Å²) in [5.74, 6) is 0. The molecule has 3 nitrogen and oxygen atoms in total. The topological polar surface area (TPSA) is 42.4 Å². The van der Waals surface area contributed by atoms with E-state index in [9.17, 15) is 5.11 Å². The van der Waals surface area contributed by atoms with Gasteiger partial charge in [0.1, 0.15) is 5.01 Å². The van der Waals surface area contributed by atoms with Crippen LogP contribution in [0.15, 0.2) is 0 Å². The van der Waals surface area contributed by atoms with Crippen molar-refractivity contribution in [3.05, 3.63) is 15.6 Å². The molecule has 4 heteroatoms. The van der Waals surface area contributed by atoms with Gasteiger partial charge < -0.3 is 9.84 Å². The van der Waals surface area contributed by atoms with Crippen molar-refractivity contribution in [3.8, 4) is 0 Å². The van der Waals surface area contributed by atoms with Gasteiger partial charge >= 0.3 is 0 Å². The van der Waals surface area contributed by atoms with Crippen LogP contribution >= 0.6 is 11.3 Å². The Hall–Kier alpha value is -0.450. The standard InChI is InChI=1S/C10H15NO2S/c1-2-13-6-9-11-10-7(12)4-3-5-8(10)14-9/h7,12H,2-6H2,1H3. The van der Waals surface area contributed by atoms with E-state index in [1.165, 1.54) is 4.88 Å². The Balaban J connectivity index is 2.13. The van der Waals surface area contributed by atoms with Gasteiger partial charge in [0.25, 0.3) is 0 Å². The van der Waals surface area contributed by atoms with E-state index in [1.807, 2.05) is 6.92 Å². The molecule has 0 radical (unpaired) electrons. The number of thiazole rings is 1. The molecule has 2 rings (SSSR count). The highest BCUT2D eigenvalue weighted by Gasteiger charge is 2.22. The van der Waals surface area contributed by atoms with Gasteiger partial charge in [-0.05, 0) is 26.2 Å². The molecule has 1 heterocycles. The molecule has 1 aromatic rings. The van der Waals surface area contributed by atoms with E-state index in [0.29, 0.717) is 13.2 Å². The van der Waals surface area contributed by atoms with Crippen LogP contribution in [0.1, 0.15) is 41.4 Å². The Bertz CT molecular complexity index is 311. The molecule has 1 N–H and O–H groups in total. The van der Waals surface area contributed by atoms with Gasteiger partial charge in [-0.15, -0.1) is 11.3 Å². The molecule has 0 fully saturated rings. The van der Waals surface area contributed by atoms with Crippen LogP contribution in [0.3, 0.4) is 0 Å². The van der Waals surface area contributed by atoms with E-state index in [-0.39, 0.29) is 6.10 Å². The monoisotopic (exact) mass is 213 g/mol. The maximum atomic E-state index is 9.70. The first kappa shape index (κ1) is 10.1. The number of hydrogen-bond acceptors (Lipinski definition) is 4. The van der Waals surface area contributed by atoms with E-state index in [4.69, 9.17) is 4.74 Å². The third-order valence-corrected chi connectivity index (χ3v) is 3.50. The van der Waals surface area contributed by atoms with Crippen LogP contribution in [0, 0.1) is 0 Å². The summed E-state index contributed by atoms with van der Waals surface area (Å²) >= 11 is 1.68. The normalized spacial score (nSPS) is 20.9. The van der Waals surface area contributed by atoms with Crippen LogP contribution in [-0.2, 0) is 17.8 Å². The zero-order valence-electron chi connectivity index (χ0n) is 8.32. The average molecular weight is 213 g/mol. The summed E-state index contributed by atoms with van der Waals surface area (Å²) in [4.78, 5) is 5.66. The molecule has 1 aromatic heterocycles. The minimum atomic E-state index is -0.342. The molecule has 0 aliphatic heterocycles. The first-order valence-corrected chi connectivity index (χ1v) is 5.87. The molecule has 0 saturated carbocycles. The molecule has 0 amide bonds. The van der Waals surface area contributed by atoms with Gasteiger partial charge in [0.2, 0.25) is 0 Å². The molecular weight excluding hydrogens is 198 g/mol. The molecule has 0 saturated heterocycles. The van der Waals surface area contributed by atoms with Gasteiger partial charge in [0.05, 0.1) is 18.4 Å². The summed E-state index contributed by atoms with van der Waals surface area (Å²) in [6, 6.07) is 0. The summed E-state index contributed by atoms with van der Waals surface area (Å²) < 4.78 is 5.30. The fraction of sp³-hybridized carbons (Fsp3) is 0.700. The van der Waals surface area contributed by atoms with E-state index in [2.05, 4.69) is 4.98 Å². The fourth-order valence-corrected chi connectivity index (χ4v) is 2.80. The molecule has 0 spiro atoms. The average Bonchev–Trinajstić information content (AvgIpc) is 2.59. The lowest BCUT2D eigenvalue weighted by Crippen LogP contribution is -2.07. The Kier molecular flexibility index (Phi) is 3.15. The third kappa shape index (κ3) is 1.97. The number of aliphatic hydroxyl groups excluding tert-OH is 1. The SMILES string of the molecule is CCOCc1nc2c(s1)CCCC2O. The Labute approximate surface area is 87.7 Å². The van der Waals surface area contributed by atoms with Crippen molar-refractivity contribution in [2.45, 2.75) is 38.9 Å². The van der Waals surface area contributed by atoms with Gasteiger partial charge in [-0.25, -0.2) is 4.98 Å². The van der Waals surface area contributed by atoms with Gasteiger partial charge in [-0.3, -0.25) is 0 Å². The zero-order chi connectivity index (χ0) is 9.97. The van der Waals surface area contributed by atoms with Crippen molar-refractivity contribution < 1.29 is 9.84 Å². The fourth-order valence-electron chi connectivity index (χ4n) is 1.70. The van der Waals surface area contributed by atoms with Crippen LogP contribution in [0.2, 0.25) is 0 Å². The van der Waals surface area contributed by atoms with Gasteiger partial charge in [-0.2, -0.15) is 0 Å². The second-order valence-electron chi connectivity index (χ2n) is 3.46. The van der Waals surface area contributed by atoms with Gasteiger partial charge in [0.15, 0.2) is 0 Å². The molecule has 1 aliphatic rings.